The number of amides is 1. The predicted molar refractivity (Wildman–Crippen MR) is 103 cm³/mol. The molecule has 1 fully saturated rings. The van der Waals surface area contributed by atoms with E-state index in [1.807, 2.05) is 31.2 Å². The molecule has 1 aliphatic heterocycles. The third kappa shape index (κ3) is 4.48. The number of carbonyl (C=O) groups is 2. The van der Waals surface area contributed by atoms with Crippen LogP contribution in [0.15, 0.2) is 48.5 Å². The number of hydrogen-bond acceptors (Lipinski definition) is 4. The van der Waals surface area contributed by atoms with Gasteiger partial charge in [0.2, 0.25) is 5.91 Å². The summed E-state index contributed by atoms with van der Waals surface area (Å²) in [6, 6.07) is 14.2. The van der Waals surface area contributed by atoms with Crippen LogP contribution in [0.1, 0.15) is 35.7 Å². The summed E-state index contributed by atoms with van der Waals surface area (Å²) in [4.78, 5) is 27.4. The lowest BCUT2D eigenvalue weighted by Gasteiger charge is -2.24. The topological polar surface area (TPSA) is 55.8 Å². The van der Waals surface area contributed by atoms with Gasteiger partial charge in [0, 0.05) is 12.1 Å². The van der Waals surface area contributed by atoms with Crippen molar-refractivity contribution in [2.24, 2.45) is 0 Å². The number of hydrogen-bond donors (Lipinski definition) is 0. The monoisotopic (exact) mass is 367 g/mol. The molecule has 27 heavy (non-hydrogen) atoms. The third-order valence-electron chi connectivity index (χ3n) is 4.84. The Hall–Kier alpha value is -2.82. The molecule has 0 aromatic heterocycles. The van der Waals surface area contributed by atoms with E-state index >= 15 is 0 Å². The molecule has 142 valence electrons. The lowest BCUT2D eigenvalue weighted by atomic mass is 10.0. The van der Waals surface area contributed by atoms with Crippen LogP contribution < -0.4 is 9.47 Å². The smallest absolute Gasteiger partial charge is 0.227 e. The zero-order valence-electron chi connectivity index (χ0n) is 15.8. The summed E-state index contributed by atoms with van der Waals surface area (Å²) in [6.07, 6.45) is 1.85. The largest absolute Gasteiger partial charge is 0.497 e. The lowest BCUT2D eigenvalue weighted by Crippen LogP contribution is -2.41. The van der Waals surface area contributed by atoms with Gasteiger partial charge in [-0.25, -0.2) is 0 Å². The summed E-state index contributed by atoms with van der Waals surface area (Å²) in [6.45, 7) is 3.18. The van der Waals surface area contributed by atoms with Crippen molar-refractivity contribution in [1.82, 2.24) is 4.90 Å². The molecule has 2 aromatic carbocycles. The standard InChI is InChI=1S/C22H25NO4/c1-3-27-19-10-6-16(7-11-19)15-21(24)23-14-4-5-20(23)22(25)17-8-12-18(26-2)13-9-17/h6-13,20H,3-5,14-15H2,1-2H3. The minimum atomic E-state index is -0.381. The fraction of sp³-hybridized carbons (Fsp3) is 0.364. The van der Waals surface area contributed by atoms with Gasteiger partial charge in [-0.05, 0) is 61.7 Å². The minimum absolute atomic E-state index is 0.00445. The number of rotatable bonds is 7. The van der Waals surface area contributed by atoms with Crippen molar-refractivity contribution in [2.75, 3.05) is 20.3 Å². The number of ketones is 1. The second-order valence-corrected chi connectivity index (χ2v) is 6.59. The molecule has 1 atom stereocenters. The Kier molecular flexibility index (Phi) is 6.12. The molecule has 0 radical (unpaired) electrons. The van der Waals surface area contributed by atoms with Crippen molar-refractivity contribution >= 4 is 11.7 Å². The van der Waals surface area contributed by atoms with Gasteiger partial charge in [0.1, 0.15) is 11.5 Å². The molecule has 5 nitrogen and oxygen atoms in total. The molecule has 2 aromatic rings. The van der Waals surface area contributed by atoms with Gasteiger partial charge in [-0.3, -0.25) is 9.59 Å². The van der Waals surface area contributed by atoms with E-state index in [-0.39, 0.29) is 17.7 Å². The molecule has 0 aliphatic carbocycles. The van der Waals surface area contributed by atoms with E-state index in [1.54, 1.807) is 36.3 Å². The number of benzene rings is 2. The molecule has 5 heteroatoms. The van der Waals surface area contributed by atoms with Crippen LogP contribution in [-0.2, 0) is 11.2 Å². The molecule has 0 spiro atoms. The Morgan fingerprint density at radius 1 is 1.04 bits per heavy atom. The van der Waals surface area contributed by atoms with Crippen molar-refractivity contribution in [1.29, 1.82) is 0 Å². The maximum atomic E-state index is 12.9. The number of methoxy groups -OCH3 is 1. The van der Waals surface area contributed by atoms with Crippen LogP contribution in [0.5, 0.6) is 11.5 Å². The molecular formula is C22H25NO4. The fourth-order valence-electron chi connectivity index (χ4n) is 3.43. The predicted octanol–water partition coefficient (Wildman–Crippen LogP) is 3.51. The van der Waals surface area contributed by atoms with Crippen LogP contribution in [-0.4, -0.2) is 42.9 Å². The van der Waals surface area contributed by atoms with E-state index in [4.69, 9.17) is 9.47 Å². The van der Waals surface area contributed by atoms with Gasteiger partial charge >= 0.3 is 0 Å². The molecule has 1 amide bonds. The van der Waals surface area contributed by atoms with E-state index in [2.05, 4.69) is 0 Å². The van der Waals surface area contributed by atoms with Crippen molar-refractivity contribution < 1.29 is 19.1 Å². The van der Waals surface area contributed by atoms with Crippen LogP contribution in [0.25, 0.3) is 0 Å². The van der Waals surface area contributed by atoms with Crippen molar-refractivity contribution in [3.05, 3.63) is 59.7 Å². The van der Waals surface area contributed by atoms with Gasteiger partial charge in [-0.1, -0.05) is 12.1 Å². The summed E-state index contributed by atoms with van der Waals surface area (Å²) in [5.74, 6) is 1.49. The zero-order chi connectivity index (χ0) is 19.2. The van der Waals surface area contributed by atoms with Gasteiger partial charge < -0.3 is 14.4 Å². The molecule has 0 bridgehead atoms. The Balaban J connectivity index is 1.67. The highest BCUT2D eigenvalue weighted by atomic mass is 16.5. The minimum Gasteiger partial charge on any atom is -0.497 e. The molecule has 3 rings (SSSR count). The van der Waals surface area contributed by atoms with Gasteiger partial charge in [0.05, 0.1) is 26.2 Å². The second-order valence-electron chi connectivity index (χ2n) is 6.59. The molecule has 1 unspecified atom stereocenters. The van der Waals surface area contributed by atoms with Gasteiger partial charge in [-0.15, -0.1) is 0 Å². The highest BCUT2D eigenvalue weighted by molar-refractivity contribution is 6.02. The molecular weight excluding hydrogens is 342 g/mol. The first-order valence-electron chi connectivity index (χ1n) is 9.32. The van der Waals surface area contributed by atoms with Crippen LogP contribution >= 0.6 is 0 Å². The van der Waals surface area contributed by atoms with Crippen LogP contribution in [0, 0.1) is 0 Å². The van der Waals surface area contributed by atoms with Gasteiger partial charge in [0.25, 0.3) is 0 Å². The number of carbonyl (C=O) groups excluding carboxylic acids is 2. The Labute approximate surface area is 159 Å². The third-order valence-corrected chi connectivity index (χ3v) is 4.84. The SMILES string of the molecule is CCOc1ccc(CC(=O)N2CCCC2C(=O)c2ccc(OC)cc2)cc1. The van der Waals surface area contributed by atoms with Gasteiger partial charge in [-0.2, -0.15) is 0 Å². The van der Waals surface area contributed by atoms with Crippen LogP contribution in [0.2, 0.25) is 0 Å². The number of Topliss-reactive ketones (excluding diaryl/α,β-unsaturated/α-hetero) is 1. The first kappa shape index (κ1) is 19.0. The Morgan fingerprint density at radius 3 is 2.33 bits per heavy atom. The maximum absolute atomic E-state index is 12.9. The number of ether oxygens (including phenoxy) is 2. The fourth-order valence-corrected chi connectivity index (χ4v) is 3.43. The summed E-state index contributed by atoms with van der Waals surface area (Å²) in [5, 5.41) is 0. The quantitative estimate of drug-likeness (QED) is 0.703. The maximum Gasteiger partial charge on any atom is 0.227 e. The van der Waals surface area contributed by atoms with Gasteiger partial charge in [0.15, 0.2) is 5.78 Å². The van der Waals surface area contributed by atoms with Crippen molar-refractivity contribution in [3.8, 4) is 11.5 Å². The summed E-state index contributed by atoms with van der Waals surface area (Å²) < 4.78 is 10.6. The van der Waals surface area contributed by atoms with Crippen LogP contribution in [0.3, 0.4) is 0 Å². The average Bonchev–Trinajstić information content (AvgIpc) is 3.19. The lowest BCUT2D eigenvalue weighted by molar-refractivity contribution is -0.130. The van der Waals surface area contributed by atoms with E-state index in [9.17, 15) is 9.59 Å². The summed E-state index contributed by atoms with van der Waals surface area (Å²) >= 11 is 0. The first-order valence-corrected chi connectivity index (χ1v) is 9.32. The van der Waals surface area contributed by atoms with Crippen molar-refractivity contribution in [3.63, 3.8) is 0 Å². The van der Waals surface area contributed by atoms with Crippen LogP contribution in [0.4, 0.5) is 0 Å². The summed E-state index contributed by atoms with van der Waals surface area (Å²) in [7, 11) is 1.59. The summed E-state index contributed by atoms with van der Waals surface area (Å²) in [5.41, 5.74) is 1.53. The normalized spacial score (nSPS) is 16.2. The molecule has 0 N–H and O–H groups in total. The van der Waals surface area contributed by atoms with Crippen molar-refractivity contribution in [2.45, 2.75) is 32.2 Å². The highest BCUT2D eigenvalue weighted by Crippen LogP contribution is 2.24. The zero-order valence-corrected chi connectivity index (χ0v) is 15.8. The van der Waals surface area contributed by atoms with E-state index in [1.165, 1.54) is 0 Å². The number of likely N-dealkylation sites (tertiary alicyclic amines) is 1. The highest BCUT2D eigenvalue weighted by Gasteiger charge is 2.34. The Bertz CT molecular complexity index is 783. The molecule has 1 saturated heterocycles. The molecule has 0 saturated carbocycles. The van der Waals surface area contributed by atoms with E-state index in [0.29, 0.717) is 37.3 Å². The number of nitrogens with zero attached hydrogens (tertiary/aromatic N) is 1. The average molecular weight is 367 g/mol. The molecule has 1 heterocycles. The second kappa shape index (κ2) is 8.71. The van der Waals surface area contributed by atoms with E-state index < -0.39 is 0 Å². The molecule has 1 aliphatic rings. The van der Waals surface area contributed by atoms with E-state index in [0.717, 1.165) is 17.7 Å². The first-order chi connectivity index (χ1) is 13.1. The Morgan fingerprint density at radius 2 is 1.70 bits per heavy atom.